The topological polar surface area (TPSA) is 83.4 Å². The second-order valence-electron chi connectivity index (χ2n) is 6.55. The van der Waals surface area contributed by atoms with Gasteiger partial charge in [-0.3, -0.25) is 9.79 Å². The minimum Gasteiger partial charge on any atom is -0.463 e. The molecule has 7 nitrogen and oxygen atoms in total. The van der Waals surface area contributed by atoms with E-state index in [1.54, 1.807) is 13.8 Å². The number of carbonyl (C=O) groups is 2. The number of nitrogens with zero attached hydrogens (tertiary/aromatic N) is 1. The van der Waals surface area contributed by atoms with Crippen LogP contribution in [-0.2, 0) is 28.5 Å². The fraction of sp³-hybridized carbons (Fsp3) is 0.476. The van der Waals surface area contributed by atoms with E-state index in [9.17, 15) is 9.59 Å². The molecule has 2 unspecified atom stereocenters. The van der Waals surface area contributed by atoms with E-state index in [2.05, 4.69) is 20.9 Å². The van der Waals surface area contributed by atoms with E-state index in [1.165, 1.54) is 14.2 Å². The van der Waals surface area contributed by atoms with Crippen LogP contribution in [-0.4, -0.2) is 58.3 Å². The van der Waals surface area contributed by atoms with Crippen molar-refractivity contribution in [3.8, 4) is 0 Å². The second-order valence-corrected chi connectivity index (χ2v) is 7.46. The zero-order chi connectivity index (χ0) is 21.4. The van der Waals surface area contributed by atoms with E-state index in [0.29, 0.717) is 23.6 Å². The number of methoxy groups -OCH3 is 2. The summed E-state index contributed by atoms with van der Waals surface area (Å²) in [4.78, 5) is 30.2. The molecule has 2 atom stereocenters. The van der Waals surface area contributed by atoms with Gasteiger partial charge in [0.15, 0.2) is 0 Å². The van der Waals surface area contributed by atoms with Crippen LogP contribution in [0, 0.1) is 5.92 Å². The molecule has 1 heterocycles. The third-order valence-electron chi connectivity index (χ3n) is 4.58. The lowest BCUT2D eigenvalue weighted by Gasteiger charge is -2.31. The molecule has 29 heavy (non-hydrogen) atoms. The SMILES string of the molecule is COCCOC(=O)C1=C(C)N=C(C)C(C(=O)OCCOC)C1c1ccc(Br)cc1. The highest BCUT2D eigenvalue weighted by molar-refractivity contribution is 9.10. The Morgan fingerprint density at radius 3 is 2.14 bits per heavy atom. The Morgan fingerprint density at radius 1 is 0.966 bits per heavy atom. The Labute approximate surface area is 179 Å². The molecule has 0 aliphatic carbocycles. The second kappa shape index (κ2) is 11.2. The first kappa shape index (κ1) is 23.3. The minimum absolute atomic E-state index is 0.116. The fourth-order valence-electron chi connectivity index (χ4n) is 3.25. The Bertz CT molecular complexity index is 787. The zero-order valence-electron chi connectivity index (χ0n) is 17.1. The number of benzene rings is 1. The molecule has 0 fully saturated rings. The third kappa shape index (κ3) is 5.98. The van der Waals surface area contributed by atoms with Gasteiger partial charge in [-0.15, -0.1) is 0 Å². The van der Waals surface area contributed by atoms with Crippen molar-refractivity contribution >= 4 is 33.6 Å². The van der Waals surface area contributed by atoms with Gasteiger partial charge in [-0.25, -0.2) is 4.79 Å². The molecule has 2 rings (SSSR count). The van der Waals surface area contributed by atoms with Crippen LogP contribution in [0.25, 0.3) is 0 Å². The van der Waals surface area contributed by atoms with Crippen LogP contribution in [0.4, 0.5) is 0 Å². The average molecular weight is 468 g/mol. The summed E-state index contributed by atoms with van der Waals surface area (Å²) in [6.07, 6.45) is 0. The summed E-state index contributed by atoms with van der Waals surface area (Å²) < 4.78 is 21.5. The van der Waals surface area contributed by atoms with Crippen LogP contribution in [0.2, 0.25) is 0 Å². The molecule has 0 saturated carbocycles. The molecule has 0 spiro atoms. The Hall–Kier alpha value is -2.03. The van der Waals surface area contributed by atoms with E-state index >= 15 is 0 Å². The molecule has 0 N–H and O–H groups in total. The monoisotopic (exact) mass is 467 g/mol. The van der Waals surface area contributed by atoms with Gasteiger partial charge in [-0.1, -0.05) is 28.1 Å². The van der Waals surface area contributed by atoms with Crippen molar-refractivity contribution in [1.82, 2.24) is 0 Å². The average Bonchev–Trinajstić information content (AvgIpc) is 2.68. The van der Waals surface area contributed by atoms with E-state index in [-0.39, 0.29) is 19.8 Å². The molecular weight excluding hydrogens is 442 g/mol. The maximum Gasteiger partial charge on any atom is 0.336 e. The molecule has 1 aromatic carbocycles. The van der Waals surface area contributed by atoms with Gasteiger partial charge < -0.3 is 18.9 Å². The summed E-state index contributed by atoms with van der Waals surface area (Å²) >= 11 is 3.42. The smallest absolute Gasteiger partial charge is 0.336 e. The molecule has 0 bridgehead atoms. The predicted molar refractivity (Wildman–Crippen MR) is 112 cm³/mol. The summed E-state index contributed by atoms with van der Waals surface area (Å²) in [5.41, 5.74) is 2.27. The summed E-state index contributed by atoms with van der Waals surface area (Å²) in [5.74, 6) is -2.27. The van der Waals surface area contributed by atoms with Gasteiger partial charge in [0.1, 0.15) is 19.1 Å². The highest BCUT2D eigenvalue weighted by Gasteiger charge is 2.42. The summed E-state index contributed by atoms with van der Waals surface area (Å²) in [6, 6.07) is 7.48. The fourth-order valence-corrected chi connectivity index (χ4v) is 3.51. The van der Waals surface area contributed by atoms with Crippen LogP contribution in [0.3, 0.4) is 0 Å². The molecule has 0 amide bonds. The van der Waals surface area contributed by atoms with Crippen LogP contribution in [0.5, 0.6) is 0 Å². The van der Waals surface area contributed by atoms with Crippen molar-refractivity contribution < 1.29 is 28.5 Å². The molecular formula is C21H26BrNO6. The van der Waals surface area contributed by atoms with Gasteiger partial charge in [0, 0.05) is 36.0 Å². The number of allylic oxidation sites excluding steroid dienone is 1. The van der Waals surface area contributed by atoms with Crippen LogP contribution >= 0.6 is 15.9 Å². The molecule has 0 saturated heterocycles. The molecule has 1 aliphatic rings. The maximum absolute atomic E-state index is 12.9. The summed E-state index contributed by atoms with van der Waals surface area (Å²) in [7, 11) is 3.06. The largest absolute Gasteiger partial charge is 0.463 e. The molecule has 1 aromatic rings. The van der Waals surface area contributed by atoms with Gasteiger partial charge in [-0.05, 0) is 31.5 Å². The molecule has 1 aliphatic heterocycles. The van der Waals surface area contributed by atoms with E-state index in [4.69, 9.17) is 18.9 Å². The Kier molecular flexibility index (Phi) is 9.00. The van der Waals surface area contributed by atoms with Gasteiger partial charge in [0.05, 0.1) is 18.8 Å². The lowest BCUT2D eigenvalue weighted by molar-refractivity contribution is -0.148. The standard InChI is InChI=1S/C21H26BrNO6/c1-13-17(20(24)28-11-9-26-3)19(15-5-7-16(22)8-6-15)18(14(2)23-13)21(25)29-12-10-27-4/h5-8,17,19H,9-12H2,1-4H3. The molecule has 158 valence electrons. The highest BCUT2D eigenvalue weighted by Crippen LogP contribution is 2.40. The zero-order valence-corrected chi connectivity index (χ0v) is 18.7. The molecule has 0 aromatic heterocycles. The van der Waals surface area contributed by atoms with Crippen LogP contribution in [0.15, 0.2) is 45.0 Å². The van der Waals surface area contributed by atoms with Crippen LogP contribution in [0.1, 0.15) is 25.3 Å². The number of aliphatic imine (C=N–C) groups is 1. The molecule has 8 heteroatoms. The predicted octanol–water partition coefficient (Wildman–Crippen LogP) is 3.28. The van der Waals surface area contributed by atoms with Gasteiger partial charge in [-0.2, -0.15) is 0 Å². The summed E-state index contributed by atoms with van der Waals surface area (Å²) in [5, 5.41) is 0. The Morgan fingerprint density at radius 2 is 1.55 bits per heavy atom. The van der Waals surface area contributed by atoms with E-state index in [0.717, 1.165) is 10.0 Å². The van der Waals surface area contributed by atoms with Crippen molar-refractivity contribution in [1.29, 1.82) is 0 Å². The molecule has 0 radical (unpaired) electrons. The quantitative estimate of drug-likeness (QED) is 0.409. The number of rotatable bonds is 9. The maximum atomic E-state index is 12.9. The third-order valence-corrected chi connectivity index (χ3v) is 5.11. The van der Waals surface area contributed by atoms with Gasteiger partial charge in [0.2, 0.25) is 0 Å². The number of halogens is 1. The Balaban J connectivity index is 2.44. The lowest BCUT2D eigenvalue weighted by Crippen LogP contribution is -2.37. The lowest BCUT2D eigenvalue weighted by atomic mass is 9.75. The van der Waals surface area contributed by atoms with Gasteiger partial charge >= 0.3 is 11.9 Å². The number of hydrogen-bond acceptors (Lipinski definition) is 7. The first-order valence-electron chi connectivity index (χ1n) is 9.23. The number of hydrogen-bond donors (Lipinski definition) is 0. The van der Waals surface area contributed by atoms with Crippen molar-refractivity contribution in [3.05, 3.63) is 45.6 Å². The number of ether oxygens (including phenoxy) is 4. The number of carbonyl (C=O) groups excluding carboxylic acids is 2. The van der Waals surface area contributed by atoms with E-state index < -0.39 is 23.8 Å². The van der Waals surface area contributed by atoms with Crippen molar-refractivity contribution in [2.24, 2.45) is 10.9 Å². The highest BCUT2D eigenvalue weighted by atomic mass is 79.9. The normalized spacial score (nSPS) is 19.0. The summed E-state index contributed by atoms with van der Waals surface area (Å²) in [6.45, 7) is 4.33. The van der Waals surface area contributed by atoms with Crippen molar-refractivity contribution in [2.75, 3.05) is 40.6 Å². The van der Waals surface area contributed by atoms with E-state index in [1.807, 2.05) is 24.3 Å². The van der Waals surface area contributed by atoms with Crippen molar-refractivity contribution in [2.45, 2.75) is 19.8 Å². The van der Waals surface area contributed by atoms with Crippen molar-refractivity contribution in [3.63, 3.8) is 0 Å². The first-order valence-corrected chi connectivity index (χ1v) is 10.0. The van der Waals surface area contributed by atoms with Gasteiger partial charge in [0.25, 0.3) is 0 Å². The number of esters is 2. The minimum atomic E-state index is -0.735. The first-order chi connectivity index (χ1) is 13.9. The van der Waals surface area contributed by atoms with Crippen LogP contribution < -0.4 is 0 Å².